The van der Waals surface area contributed by atoms with E-state index >= 15 is 0 Å². The van der Waals surface area contributed by atoms with Crippen LogP contribution in [0.2, 0.25) is 0 Å². The highest BCUT2D eigenvalue weighted by molar-refractivity contribution is 5.44. The van der Waals surface area contributed by atoms with E-state index in [1.807, 2.05) is 12.1 Å². The molecule has 0 spiro atoms. The van der Waals surface area contributed by atoms with Crippen molar-refractivity contribution in [2.75, 3.05) is 18.0 Å². The topological polar surface area (TPSA) is 3.24 Å². The summed E-state index contributed by atoms with van der Waals surface area (Å²) in [5, 5.41) is 0. The fourth-order valence-corrected chi connectivity index (χ4v) is 1.30. The van der Waals surface area contributed by atoms with E-state index in [2.05, 4.69) is 36.9 Å². The zero-order chi connectivity index (χ0) is 8.81. The van der Waals surface area contributed by atoms with Crippen molar-refractivity contribution in [2.45, 2.75) is 20.3 Å². The predicted octanol–water partition coefficient (Wildman–Crippen LogP) is 2.72. The highest BCUT2D eigenvalue weighted by atomic mass is 15.1. The SMILES string of the molecule is CCCN(CC)c1[c]cccc1. The molecular weight excluding hydrogens is 146 g/mol. The molecule has 0 atom stereocenters. The molecule has 0 saturated heterocycles. The summed E-state index contributed by atoms with van der Waals surface area (Å²) >= 11 is 0. The Morgan fingerprint density at radius 3 is 2.67 bits per heavy atom. The Bertz CT molecular complexity index is 206. The van der Waals surface area contributed by atoms with Gasteiger partial charge in [-0.1, -0.05) is 25.1 Å². The van der Waals surface area contributed by atoms with E-state index < -0.39 is 0 Å². The molecule has 0 N–H and O–H groups in total. The first kappa shape index (κ1) is 9.11. The van der Waals surface area contributed by atoms with Crippen molar-refractivity contribution in [1.29, 1.82) is 0 Å². The minimum Gasteiger partial charge on any atom is -0.371 e. The van der Waals surface area contributed by atoms with Crippen molar-refractivity contribution < 1.29 is 0 Å². The molecule has 1 aromatic carbocycles. The Morgan fingerprint density at radius 2 is 2.17 bits per heavy atom. The summed E-state index contributed by atoms with van der Waals surface area (Å²) in [5.74, 6) is 0. The fourth-order valence-electron chi connectivity index (χ4n) is 1.30. The summed E-state index contributed by atoms with van der Waals surface area (Å²) in [5.41, 5.74) is 1.21. The molecule has 0 aliphatic carbocycles. The minimum absolute atomic E-state index is 1.06. The summed E-state index contributed by atoms with van der Waals surface area (Å²) < 4.78 is 0. The molecule has 1 nitrogen and oxygen atoms in total. The van der Waals surface area contributed by atoms with Gasteiger partial charge in [-0.25, -0.2) is 0 Å². The van der Waals surface area contributed by atoms with Crippen molar-refractivity contribution in [3.8, 4) is 0 Å². The average molecular weight is 162 g/mol. The van der Waals surface area contributed by atoms with Gasteiger partial charge in [0, 0.05) is 24.8 Å². The van der Waals surface area contributed by atoms with E-state index in [1.165, 1.54) is 12.1 Å². The average Bonchev–Trinajstić information content (AvgIpc) is 2.15. The maximum atomic E-state index is 3.23. The Hall–Kier alpha value is -0.980. The molecule has 1 aromatic rings. The third-order valence-electron chi connectivity index (χ3n) is 1.91. The van der Waals surface area contributed by atoms with E-state index in [1.54, 1.807) is 0 Å². The zero-order valence-corrected chi connectivity index (χ0v) is 7.88. The van der Waals surface area contributed by atoms with Crippen LogP contribution in [0.25, 0.3) is 0 Å². The van der Waals surface area contributed by atoms with Crippen molar-refractivity contribution in [3.63, 3.8) is 0 Å². The first-order chi connectivity index (χ1) is 5.88. The largest absolute Gasteiger partial charge is 0.371 e. The summed E-state index contributed by atoms with van der Waals surface area (Å²) in [6.45, 7) is 6.56. The van der Waals surface area contributed by atoms with Crippen LogP contribution >= 0.6 is 0 Å². The third-order valence-corrected chi connectivity index (χ3v) is 1.91. The van der Waals surface area contributed by atoms with Crippen LogP contribution in [0.5, 0.6) is 0 Å². The summed E-state index contributed by atoms with van der Waals surface area (Å²) in [6.07, 6.45) is 1.19. The minimum atomic E-state index is 1.06. The second-order valence-corrected chi connectivity index (χ2v) is 2.83. The number of anilines is 1. The maximum absolute atomic E-state index is 3.23. The van der Waals surface area contributed by atoms with Crippen molar-refractivity contribution >= 4 is 5.69 Å². The highest BCUT2D eigenvalue weighted by Gasteiger charge is 2.00. The maximum Gasteiger partial charge on any atom is 0.0446 e. The molecule has 0 aliphatic heterocycles. The summed E-state index contributed by atoms with van der Waals surface area (Å²) in [6, 6.07) is 11.4. The van der Waals surface area contributed by atoms with Gasteiger partial charge in [-0.2, -0.15) is 0 Å². The van der Waals surface area contributed by atoms with E-state index in [-0.39, 0.29) is 0 Å². The smallest absolute Gasteiger partial charge is 0.0446 e. The quantitative estimate of drug-likeness (QED) is 0.658. The van der Waals surface area contributed by atoms with Gasteiger partial charge in [-0.3, -0.25) is 0 Å². The van der Waals surface area contributed by atoms with Crippen LogP contribution in [0.1, 0.15) is 20.3 Å². The molecule has 12 heavy (non-hydrogen) atoms. The Balaban J connectivity index is 2.66. The van der Waals surface area contributed by atoms with Crippen LogP contribution in [0.3, 0.4) is 0 Å². The van der Waals surface area contributed by atoms with Crippen LogP contribution in [0, 0.1) is 6.07 Å². The number of hydrogen-bond acceptors (Lipinski definition) is 1. The van der Waals surface area contributed by atoms with Crippen molar-refractivity contribution in [1.82, 2.24) is 0 Å². The molecule has 0 heterocycles. The lowest BCUT2D eigenvalue weighted by atomic mass is 10.3. The summed E-state index contributed by atoms with van der Waals surface area (Å²) in [4.78, 5) is 2.33. The zero-order valence-electron chi connectivity index (χ0n) is 7.88. The normalized spacial score (nSPS) is 9.83. The van der Waals surface area contributed by atoms with Crippen LogP contribution in [-0.2, 0) is 0 Å². The standard InChI is InChI=1S/C11H16N/c1-3-10-12(4-2)11-8-6-5-7-9-11/h5-8H,3-4,10H2,1-2H3. The number of rotatable bonds is 4. The lowest BCUT2D eigenvalue weighted by molar-refractivity contribution is 0.791. The lowest BCUT2D eigenvalue weighted by Crippen LogP contribution is -2.23. The molecule has 1 radical (unpaired) electrons. The second-order valence-electron chi connectivity index (χ2n) is 2.83. The van der Waals surface area contributed by atoms with Crippen LogP contribution in [0.4, 0.5) is 5.69 Å². The summed E-state index contributed by atoms with van der Waals surface area (Å²) in [7, 11) is 0. The van der Waals surface area contributed by atoms with Gasteiger partial charge in [-0.05, 0) is 19.4 Å². The fraction of sp³-hybridized carbons (Fsp3) is 0.455. The molecule has 0 aliphatic rings. The van der Waals surface area contributed by atoms with Gasteiger partial charge >= 0.3 is 0 Å². The molecular formula is C11H16N. The molecule has 0 unspecified atom stereocenters. The van der Waals surface area contributed by atoms with Gasteiger partial charge in [0.05, 0.1) is 0 Å². The first-order valence-electron chi connectivity index (χ1n) is 4.60. The molecule has 1 rings (SSSR count). The molecule has 0 aromatic heterocycles. The number of hydrogen-bond donors (Lipinski definition) is 0. The molecule has 1 heteroatoms. The number of para-hydroxylation sites is 1. The van der Waals surface area contributed by atoms with Gasteiger partial charge in [0.1, 0.15) is 0 Å². The Labute approximate surface area is 75.0 Å². The van der Waals surface area contributed by atoms with Crippen LogP contribution < -0.4 is 4.90 Å². The van der Waals surface area contributed by atoms with E-state index in [4.69, 9.17) is 0 Å². The lowest BCUT2D eigenvalue weighted by Gasteiger charge is -2.21. The number of benzene rings is 1. The molecule has 0 fully saturated rings. The van der Waals surface area contributed by atoms with Gasteiger partial charge in [0.25, 0.3) is 0 Å². The monoisotopic (exact) mass is 162 g/mol. The van der Waals surface area contributed by atoms with Gasteiger partial charge in [0.2, 0.25) is 0 Å². The number of nitrogens with zero attached hydrogens (tertiary/aromatic N) is 1. The van der Waals surface area contributed by atoms with Gasteiger partial charge < -0.3 is 4.90 Å². The molecule has 65 valence electrons. The van der Waals surface area contributed by atoms with Crippen LogP contribution in [0.15, 0.2) is 24.3 Å². The van der Waals surface area contributed by atoms with Crippen molar-refractivity contribution in [3.05, 3.63) is 30.3 Å². The van der Waals surface area contributed by atoms with E-state index in [0.29, 0.717) is 0 Å². The van der Waals surface area contributed by atoms with Crippen molar-refractivity contribution in [2.24, 2.45) is 0 Å². The predicted molar refractivity (Wildman–Crippen MR) is 53.5 cm³/mol. The third kappa shape index (κ3) is 2.26. The van der Waals surface area contributed by atoms with Crippen LogP contribution in [-0.4, -0.2) is 13.1 Å². The van der Waals surface area contributed by atoms with Gasteiger partial charge in [0.15, 0.2) is 0 Å². The molecule has 0 amide bonds. The Morgan fingerprint density at radius 1 is 1.33 bits per heavy atom. The first-order valence-corrected chi connectivity index (χ1v) is 4.60. The second kappa shape index (κ2) is 4.81. The molecule has 0 saturated carbocycles. The molecule has 0 bridgehead atoms. The van der Waals surface area contributed by atoms with E-state index in [9.17, 15) is 0 Å². The Kier molecular flexibility index (Phi) is 3.65. The van der Waals surface area contributed by atoms with E-state index in [0.717, 1.165) is 13.1 Å². The van der Waals surface area contributed by atoms with Gasteiger partial charge in [-0.15, -0.1) is 0 Å². The highest BCUT2D eigenvalue weighted by Crippen LogP contribution is 2.11.